The van der Waals surface area contributed by atoms with Gasteiger partial charge in [-0.25, -0.2) is 5.43 Å². The lowest BCUT2D eigenvalue weighted by atomic mass is 10.1. The zero-order valence-electron chi connectivity index (χ0n) is 7.49. The Kier molecular flexibility index (Phi) is 4.10. The highest BCUT2D eigenvalue weighted by Crippen LogP contribution is 2.18. The van der Waals surface area contributed by atoms with Gasteiger partial charge < -0.3 is 4.42 Å². The largest absolute Gasteiger partial charge is 0.468 e. The van der Waals surface area contributed by atoms with Gasteiger partial charge in [-0.15, -0.1) is 12.3 Å². The Balaban J connectivity index is 2.41. The Morgan fingerprint density at radius 3 is 3.08 bits per heavy atom. The normalized spacial score (nSPS) is 12.3. The van der Waals surface area contributed by atoms with Crippen molar-refractivity contribution in [3.8, 4) is 12.3 Å². The summed E-state index contributed by atoms with van der Waals surface area (Å²) < 4.78 is 5.22. The summed E-state index contributed by atoms with van der Waals surface area (Å²) >= 11 is 0. The van der Waals surface area contributed by atoms with Crippen molar-refractivity contribution in [1.82, 2.24) is 5.43 Å². The molecule has 0 aliphatic rings. The molecule has 0 aliphatic carbocycles. The molecule has 0 bridgehead atoms. The number of furan rings is 1. The molecule has 0 aromatic carbocycles. The minimum Gasteiger partial charge on any atom is -0.468 e. The van der Waals surface area contributed by atoms with Gasteiger partial charge in [0.05, 0.1) is 12.3 Å². The molecule has 0 spiro atoms. The van der Waals surface area contributed by atoms with Crippen LogP contribution in [0.2, 0.25) is 0 Å². The second-order valence-electron chi connectivity index (χ2n) is 2.83. The van der Waals surface area contributed by atoms with Crippen molar-refractivity contribution in [2.45, 2.75) is 25.3 Å². The number of hydrogen-bond acceptors (Lipinski definition) is 3. The fourth-order valence-electron chi connectivity index (χ4n) is 1.21. The molecule has 1 heterocycles. The average molecular weight is 178 g/mol. The lowest BCUT2D eigenvalue weighted by Crippen LogP contribution is -2.27. The fraction of sp³-hybridized carbons (Fsp3) is 0.400. The first-order valence-corrected chi connectivity index (χ1v) is 4.31. The fourth-order valence-corrected chi connectivity index (χ4v) is 1.21. The number of terminal acetylenes is 1. The van der Waals surface area contributed by atoms with Gasteiger partial charge >= 0.3 is 0 Å². The third kappa shape index (κ3) is 2.94. The molecule has 1 unspecified atom stereocenters. The van der Waals surface area contributed by atoms with Gasteiger partial charge in [-0.3, -0.25) is 5.84 Å². The van der Waals surface area contributed by atoms with Crippen LogP contribution < -0.4 is 11.3 Å². The molecule has 1 atom stereocenters. The van der Waals surface area contributed by atoms with Gasteiger partial charge in [0, 0.05) is 6.42 Å². The summed E-state index contributed by atoms with van der Waals surface area (Å²) in [5, 5.41) is 0. The third-order valence-electron chi connectivity index (χ3n) is 1.90. The highest BCUT2D eigenvalue weighted by molar-refractivity contribution is 5.03. The summed E-state index contributed by atoms with van der Waals surface area (Å²) in [6.45, 7) is 0. The Morgan fingerprint density at radius 2 is 2.54 bits per heavy atom. The number of nitrogens with one attached hydrogen (secondary N) is 1. The zero-order valence-corrected chi connectivity index (χ0v) is 7.49. The predicted octanol–water partition coefficient (Wildman–Crippen LogP) is 1.59. The first-order valence-electron chi connectivity index (χ1n) is 4.31. The molecule has 0 saturated carbocycles. The van der Waals surface area contributed by atoms with Crippen LogP contribution in [0.25, 0.3) is 0 Å². The number of hydrogen-bond donors (Lipinski definition) is 2. The smallest absolute Gasteiger partial charge is 0.122 e. The van der Waals surface area contributed by atoms with Crippen LogP contribution in [0.3, 0.4) is 0 Å². The Bertz CT molecular complexity index is 261. The molecule has 13 heavy (non-hydrogen) atoms. The van der Waals surface area contributed by atoms with Crippen LogP contribution in [0.4, 0.5) is 0 Å². The van der Waals surface area contributed by atoms with Crippen LogP contribution in [0.15, 0.2) is 22.8 Å². The van der Waals surface area contributed by atoms with E-state index in [1.54, 1.807) is 6.26 Å². The maximum atomic E-state index is 5.38. The van der Waals surface area contributed by atoms with E-state index in [-0.39, 0.29) is 6.04 Å². The molecular formula is C10H14N2O. The van der Waals surface area contributed by atoms with E-state index in [9.17, 15) is 0 Å². The second kappa shape index (κ2) is 5.41. The molecule has 3 N–H and O–H groups in total. The van der Waals surface area contributed by atoms with Gasteiger partial charge in [-0.2, -0.15) is 0 Å². The maximum Gasteiger partial charge on any atom is 0.122 e. The van der Waals surface area contributed by atoms with E-state index in [0.717, 1.165) is 25.0 Å². The van der Waals surface area contributed by atoms with Crippen molar-refractivity contribution in [2.24, 2.45) is 5.84 Å². The molecule has 0 radical (unpaired) electrons. The van der Waals surface area contributed by atoms with E-state index < -0.39 is 0 Å². The maximum absolute atomic E-state index is 5.38. The minimum absolute atomic E-state index is 0.0725. The Hall–Kier alpha value is -1.24. The van der Waals surface area contributed by atoms with Crippen molar-refractivity contribution in [2.75, 3.05) is 0 Å². The Labute approximate surface area is 78.3 Å². The van der Waals surface area contributed by atoms with Crippen molar-refractivity contribution in [3.63, 3.8) is 0 Å². The SMILES string of the molecule is C#CCCCC(NN)c1ccco1. The molecule has 1 aromatic rings. The molecule has 3 heteroatoms. The number of unbranched alkanes of at least 4 members (excludes halogenated alkanes) is 1. The lowest BCUT2D eigenvalue weighted by molar-refractivity contribution is 0.395. The topological polar surface area (TPSA) is 51.2 Å². The van der Waals surface area contributed by atoms with Gasteiger partial charge in [-0.05, 0) is 25.0 Å². The highest BCUT2D eigenvalue weighted by atomic mass is 16.3. The van der Waals surface area contributed by atoms with Crippen LogP contribution >= 0.6 is 0 Å². The van der Waals surface area contributed by atoms with E-state index in [4.69, 9.17) is 16.7 Å². The predicted molar refractivity (Wildman–Crippen MR) is 51.5 cm³/mol. The zero-order chi connectivity index (χ0) is 9.52. The molecule has 0 saturated heterocycles. The van der Waals surface area contributed by atoms with E-state index in [0.29, 0.717) is 0 Å². The molecular weight excluding hydrogens is 164 g/mol. The van der Waals surface area contributed by atoms with Gasteiger partial charge in [0.15, 0.2) is 0 Å². The van der Waals surface area contributed by atoms with Crippen molar-refractivity contribution in [3.05, 3.63) is 24.2 Å². The molecule has 0 fully saturated rings. The molecule has 1 rings (SSSR count). The van der Waals surface area contributed by atoms with Crippen LogP contribution in [0, 0.1) is 12.3 Å². The summed E-state index contributed by atoms with van der Waals surface area (Å²) in [6.07, 6.45) is 9.41. The Morgan fingerprint density at radius 1 is 1.69 bits per heavy atom. The monoisotopic (exact) mass is 178 g/mol. The summed E-state index contributed by atoms with van der Waals surface area (Å²) in [6, 6.07) is 3.82. The van der Waals surface area contributed by atoms with E-state index in [1.807, 2.05) is 12.1 Å². The van der Waals surface area contributed by atoms with Gasteiger partial charge in [0.2, 0.25) is 0 Å². The van der Waals surface area contributed by atoms with Gasteiger partial charge in [0.1, 0.15) is 5.76 Å². The average Bonchev–Trinajstić information content (AvgIpc) is 2.65. The number of hydrazine groups is 1. The van der Waals surface area contributed by atoms with Crippen molar-refractivity contribution < 1.29 is 4.42 Å². The standard InChI is InChI=1S/C10H14N2O/c1-2-3-4-6-9(12-11)10-7-5-8-13-10/h1,5,7-9,12H,3-4,6,11H2. The minimum atomic E-state index is 0.0725. The molecule has 1 aromatic heterocycles. The van der Waals surface area contributed by atoms with Crippen LogP contribution in [0.5, 0.6) is 0 Å². The van der Waals surface area contributed by atoms with E-state index in [2.05, 4.69) is 11.3 Å². The van der Waals surface area contributed by atoms with E-state index >= 15 is 0 Å². The number of rotatable bonds is 5. The van der Waals surface area contributed by atoms with Crippen LogP contribution in [-0.4, -0.2) is 0 Å². The third-order valence-corrected chi connectivity index (χ3v) is 1.90. The lowest BCUT2D eigenvalue weighted by Gasteiger charge is -2.11. The van der Waals surface area contributed by atoms with Crippen molar-refractivity contribution in [1.29, 1.82) is 0 Å². The van der Waals surface area contributed by atoms with Crippen LogP contribution in [-0.2, 0) is 0 Å². The first-order chi connectivity index (χ1) is 6.38. The molecule has 0 amide bonds. The molecule has 0 aliphatic heterocycles. The van der Waals surface area contributed by atoms with Crippen molar-refractivity contribution >= 4 is 0 Å². The van der Waals surface area contributed by atoms with E-state index in [1.165, 1.54) is 0 Å². The van der Waals surface area contributed by atoms with Gasteiger partial charge in [0.25, 0.3) is 0 Å². The number of nitrogens with two attached hydrogens (primary N) is 1. The second-order valence-corrected chi connectivity index (χ2v) is 2.83. The highest BCUT2D eigenvalue weighted by Gasteiger charge is 2.10. The molecule has 3 nitrogen and oxygen atoms in total. The molecule has 70 valence electrons. The summed E-state index contributed by atoms with van der Waals surface area (Å²) in [4.78, 5) is 0. The quantitative estimate of drug-likeness (QED) is 0.311. The first kappa shape index (κ1) is 9.85. The summed E-state index contributed by atoms with van der Waals surface area (Å²) in [5.74, 6) is 8.84. The summed E-state index contributed by atoms with van der Waals surface area (Å²) in [5.41, 5.74) is 2.70. The van der Waals surface area contributed by atoms with Crippen LogP contribution in [0.1, 0.15) is 31.1 Å². The summed E-state index contributed by atoms with van der Waals surface area (Å²) in [7, 11) is 0. The van der Waals surface area contributed by atoms with Gasteiger partial charge in [-0.1, -0.05) is 0 Å².